The second-order valence-corrected chi connectivity index (χ2v) is 6.05. The Morgan fingerprint density at radius 2 is 2.10 bits per heavy atom. The second-order valence-electron chi connectivity index (χ2n) is 4.34. The number of nitrogens with zero attached hydrogens (tertiary/aromatic N) is 1. The molecule has 0 aliphatic rings. The van der Waals surface area contributed by atoms with E-state index in [1.54, 1.807) is 6.92 Å². The third-order valence-electron chi connectivity index (χ3n) is 2.72. The summed E-state index contributed by atoms with van der Waals surface area (Å²) in [4.78, 5) is 21.9. The van der Waals surface area contributed by atoms with Crippen molar-refractivity contribution in [3.8, 4) is 0 Å². The van der Waals surface area contributed by atoms with Gasteiger partial charge in [-0.15, -0.1) is 0 Å². The van der Waals surface area contributed by atoms with Gasteiger partial charge in [0.1, 0.15) is 16.6 Å². The summed E-state index contributed by atoms with van der Waals surface area (Å²) in [5, 5.41) is 8.96. The molecule has 0 aromatic carbocycles. The van der Waals surface area contributed by atoms with E-state index in [9.17, 15) is 18.0 Å². The number of carbonyl (C=O) groups is 2. The summed E-state index contributed by atoms with van der Waals surface area (Å²) in [6.45, 7) is 1.75. The van der Waals surface area contributed by atoms with E-state index >= 15 is 0 Å². The fourth-order valence-electron chi connectivity index (χ4n) is 1.70. The molecule has 1 atom stereocenters. The molecule has 0 saturated carbocycles. The molecule has 112 valence electrons. The summed E-state index contributed by atoms with van der Waals surface area (Å²) >= 11 is 0. The van der Waals surface area contributed by atoms with Gasteiger partial charge in [-0.05, 0) is 12.5 Å². The van der Waals surface area contributed by atoms with E-state index in [-0.39, 0.29) is 17.0 Å². The molecule has 1 unspecified atom stereocenters. The standard InChI is InChI=1S/C11H17N3O5S/c1-3-4-8(11(16)17)13-20(18,19)7-5-9(10(12)15)14(2)6-7/h5-6,8,13H,3-4H2,1-2H3,(H2,12,15)(H,16,17). The van der Waals surface area contributed by atoms with Crippen molar-refractivity contribution < 1.29 is 23.1 Å². The van der Waals surface area contributed by atoms with Gasteiger partial charge in [0, 0.05) is 13.2 Å². The largest absolute Gasteiger partial charge is 0.480 e. The lowest BCUT2D eigenvalue weighted by atomic mass is 10.2. The van der Waals surface area contributed by atoms with E-state index in [1.165, 1.54) is 17.8 Å². The molecule has 0 spiro atoms. The van der Waals surface area contributed by atoms with Crippen LogP contribution in [0.3, 0.4) is 0 Å². The number of hydrogen-bond acceptors (Lipinski definition) is 4. The lowest BCUT2D eigenvalue weighted by Crippen LogP contribution is -2.40. The number of rotatable bonds is 7. The van der Waals surface area contributed by atoms with E-state index in [0.29, 0.717) is 6.42 Å². The molecule has 0 aliphatic carbocycles. The van der Waals surface area contributed by atoms with Crippen molar-refractivity contribution in [1.82, 2.24) is 9.29 Å². The summed E-state index contributed by atoms with van der Waals surface area (Å²) in [5.74, 6) is -2.02. The molecule has 1 aromatic rings. The highest BCUT2D eigenvalue weighted by Gasteiger charge is 2.26. The average Bonchev–Trinajstić information content (AvgIpc) is 2.71. The summed E-state index contributed by atoms with van der Waals surface area (Å²) in [6.07, 6.45) is 1.89. The number of carboxylic acids is 1. The van der Waals surface area contributed by atoms with Crippen LogP contribution in [0.2, 0.25) is 0 Å². The molecular formula is C11H17N3O5S. The maximum absolute atomic E-state index is 12.1. The van der Waals surface area contributed by atoms with Crippen molar-refractivity contribution in [2.75, 3.05) is 0 Å². The van der Waals surface area contributed by atoms with Crippen LogP contribution in [0.5, 0.6) is 0 Å². The zero-order valence-corrected chi connectivity index (χ0v) is 12.0. The molecule has 9 heteroatoms. The number of amides is 1. The van der Waals surface area contributed by atoms with E-state index in [2.05, 4.69) is 4.72 Å². The number of aromatic nitrogens is 1. The Morgan fingerprint density at radius 3 is 2.50 bits per heavy atom. The summed E-state index contributed by atoms with van der Waals surface area (Å²) < 4.78 is 27.5. The van der Waals surface area contributed by atoms with Crippen LogP contribution in [0.1, 0.15) is 30.3 Å². The van der Waals surface area contributed by atoms with Crippen LogP contribution in [0.4, 0.5) is 0 Å². The molecule has 0 saturated heterocycles. The third kappa shape index (κ3) is 3.58. The highest BCUT2D eigenvalue weighted by atomic mass is 32.2. The Hall–Kier alpha value is -1.87. The maximum atomic E-state index is 12.1. The number of sulfonamides is 1. The number of carbonyl (C=O) groups excluding carboxylic acids is 1. The minimum Gasteiger partial charge on any atom is -0.480 e. The van der Waals surface area contributed by atoms with Gasteiger partial charge < -0.3 is 15.4 Å². The predicted octanol–water partition coefficient (Wildman–Crippen LogP) is -0.344. The van der Waals surface area contributed by atoms with Gasteiger partial charge >= 0.3 is 5.97 Å². The Morgan fingerprint density at radius 1 is 1.50 bits per heavy atom. The molecule has 20 heavy (non-hydrogen) atoms. The van der Waals surface area contributed by atoms with Crippen LogP contribution in [-0.2, 0) is 21.9 Å². The number of nitrogens with two attached hydrogens (primary N) is 1. The molecule has 1 aromatic heterocycles. The van der Waals surface area contributed by atoms with Crippen molar-refractivity contribution in [3.63, 3.8) is 0 Å². The Kier molecular flexibility index (Phi) is 4.90. The van der Waals surface area contributed by atoms with Gasteiger partial charge in [0.15, 0.2) is 0 Å². The van der Waals surface area contributed by atoms with E-state index in [1.807, 2.05) is 0 Å². The van der Waals surface area contributed by atoms with Crippen molar-refractivity contribution in [2.45, 2.75) is 30.7 Å². The minimum absolute atomic E-state index is 0.0211. The highest BCUT2D eigenvalue weighted by molar-refractivity contribution is 7.89. The van der Waals surface area contributed by atoms with Crippen LogP contribution >= 0.6 is 0 Å². The molecule has 1 rings (SSSR count). The van der Waals surface area contributed by atoms with Crippen LogP contribution in [-0.4, -0.2) is 36.0 Å². The normalized spacial score (nSPS) is 13.1. The lowest BCUT2D eigenvalue weighted by Gasteiger charge is -2.12. The van der Waals surface area contributed by atoms with Gasteiger partial charge in [-0.25, -0.2) is 8.42 Å². The maximum Gasteiger partial charge on any atom is 0.321 e. The van der Waals surface area contributed by atoms with Crippen LogP contribution in [0, 0.1) is 0 Å². The number of primary amides is 1. The van der Waals surface area contributed by atoms with Crippen molar-refractivity contribution in [2.24, 2.45) is 12.8 Å². The van der Waals surface area contributed by atoms with Crippen molar-refractivity contribution in [1.29, 1.82) is 0 Å². The quantitative estimate of drug-likeness (QED) is 0.634. The van der Waals surface area contributed by atoms with Gasteiger partial charge in [0.25, 0.3) is 5.91 Å². The van der Waals surface area contributed by atoms with E-state index < -0.39 is 27.9 Å². The minimum atomic E-state index is -4.02. The molecule has 4 N–H and O–H groups in total. The first-order valence-electron chi connectivity index (χ1n) is 5.90. The van der Waals surface area contributed by atoms with Gasteiger partial charge in [0.05, 0.1) is 0 Å². The first-order chi connectivity index (χ1) is 9.19. The zero-order valence-electron chi connectivity index (χ0n) is 11.2. The van der Waals surface area contributed by atoms with E-state index in [0.717, 1.165) is 6.07 Å². The SMILES string of the molecule is CCCC(NS(=O)(=O)c1cc(C(N)=O)n(C)c1)C(=O)O. The smallest absolute Gasteiger partial charge is 0.321 e. The Balaban J connectivity index is 3.07. The van der Waals surface area contributed by atoms with Gasteiger partial charge in [0.2, 0.25) is 10.0 Å². The molecule has 0 fully saturated rings. The van der Waals surface area contributed by atoms with Crippen molar-refractivity contribution >= 4 is 21.9 Å². The average molecular weight is 303 g/mol. The van der Waals surface area contributed by atoms with Crippen LogP contribution in [0.15, 0.2) is 17.2 Å². The number of hydrogen-bond donors (Lipinski definition) is 3. The number of nitrogens with one attached hydrogen (secondary N) is 1. The second kappa shape index (κ2) is 6.06. The lowest BCUT2D eigenvalue weighted by molar-refractivity contribution is -0.139. The highest BCUT2D eigenvalue weighted by Crippen LogP contribution is 2.14. The summed E-state index contributed by atoms with van der Waals surface area (Å²) in [7, 11) is -2.55. The molecule has 0 bridgehead atoms. The van der Waals surface area contributed by atoms with Gasteiger partial charge in [-0.1, -0.05) is 13.3 Å². The predicted molar refractivity (Wildman–Crippen MR) is 70.6 cm³/mol. The summed E-state index contributed by atoms with van der Waals surface area (Å²) in [5.41, 5.74) is 5.12. The third-order valence-corrected chi connectivity index (χ3v) is 4.15. The molecule has 0 radical (unpaired) electrons. The molecule has 8 nitrogen and oxygen atoms in total. The fourth-order valence-corrected chi connectivity index (χ4v) is 3.00. The first-order valence-corrected chi connectivity index (χ1v) is 7.38. The Bertz CT molecular complexity index is 620. The molecule has 1 amide bonds. The Labute approximate surface area is 116 Å². The van der Waals surface area contributed by atoms with Gasteiger partial charge in [-0.3, -0.25) is 9.59 Å². The number of carboxylic acid groups (broad SMARTS) is 1. The number of aryl methyl sites for hydroxylation is 1. The number of aliphatic carboxylic acids is 1. The summed E-state index contributed by atoms with van der Waals surface area (Å²) in [6, 6.07) is -0.0996. The van der Waals surface area contributed by atoms with Gasteiger partial charge in [-0.2, -0.15) is 4.72 Å². The molecular weight excluding hydrogens is 286 g/mol. The van der Waals surface area contributed by atoms with Crippen LogP contribution < -0.4 is 10.5 Å². The first kappa shape index (κ1) is 16.2. The monoisotopic (exact) mass is 303 g/mol. The molecule has 1 heterocycles. The van der Waals surface area contributed by atoms with Crippen molar-refractivity contribution in [3.05, 3.63) is 18.0 Å². The van der Waals surface area contributed by atoms with E-state index in [4.69, 9.17) is 10.8 Å². The zero-order chi connectivity index (χ0) is 15.5. The van der Waals surface area contributed by atoms with Crippen LogP contribution in [0.25, 0.3) is 0 Å². The fraction of sp³-hybridized carbons (Fsp3) is 0.455. The topological polar surface area (TPSA) is 131 Å². The molecule has 0 aliphatic heterocycles.